The largest absolute Gasteiger partial charge is 0.326 e. The van der Waals surface area contributed by atoms with E-state index in [1.807, 2.05) is 0 Å². The van der Waals surface area contributed by atoms with E-state index in [4.69, 9.17) is 9.98 Å². The Kier molecular flexibility index (Phi) is 4.16. The Morgan fingerprint density at radius 3 is 2.56 bits per heavy atom. The molecule has 0 bridgehead atoms. The topological polar surface area (TPSA) is 33.2 Å². The van der Waals surface area contributed by atoms with Crippen molar-refractivity contribution in [3.8, 4) is 11.1 Å². The number of pyridine rings is 1. The van der Waals surface area contributed by atoms with Crippen molar-refractivity contribution in [2.75, 3.05) is 13.6 Å². The highest BCUT2D eigenvalue weighted by molar-refractivity contribution is 6.98. The minimum atomic E-state index is 0.107. The molecule has 0 saturated carbocycles. The summed E-state index contributed by atoms with van der Waals surface area (Å²) in [5, 5.41) is 2.49. The van der Waals surface area contributed by atoms with E-state index in [0.717, 1.165) is 35.7 Å². The molecule has 4 heterocycles. The summed E-state index contributed by atoms with van der Waals surface area (Å²) in [4.78, 5) is 10.0. The van der Waals surface area contributed by atoms with E-state index in [-0.39, 0.29) is 6.71 Å². The first-order valence-electron chi connectivity index (χ1n) is 12.0. The lowest BCUT2D eigenvalue weighted by Crippen LogP contribution is -2.50. The van der Waals surface area contributed by atoms with Gasteiger partial charge in [-0.25, -0.2) is 9.56 Å². The van der Waals surface area contributed by atoms with Crippen LogP contribution in [0.3, 0.4) is 0 Å². The lowest BCUT2D eigenvalue weighted by molar-refractivity contribution is -0.360. The molecule has 3 aromatic carbocycles. The SMILES string of the molecule is CCn1c2ccccc2c2ccc(B3c4ccccc4-c4ccc(C5=NCC=[N+]5C)cc43)nc21. The highest BCUT2D eigenvalue weighted by Crippen LogP contribution is 2.28. The average Bonchev–Trinajstić information content (AvgIpc) is 3.54. The van der Waals surface area contributed by atoms with E-state index in [0.29, 0.717) is 0 Å². The van der Waals surface area contributed by atoms with E-state index in [1.165, 1.54) is 38.3 Å². The summed E-state index contributed by atoms with van der Waals surface area (Å²) in [6.07, 6.45) is 2.12. The summed E-state index contributed by atoms with van der Waals surface area (Å²) in [5.41, 5.74) is 9.82. The maximum atomic E-state index is 5.32. The molecule has 0 spiro atoms. The average molecular weight is 439 g/mol. The summed E-state index contributed by atoms with van der Waals surface area (Å²) in [5.74, 6) is 1.03. The molecule has 0 fully saturated rings. The molecule has 0 radical (unpaired) electrons. The molecule has 0 N–H and O–H groups in total. The number of amidine groups is 1. The minimum Gasteiger partial charge on any atom is -0.326 e. The van der Waals surface area contributed by atoms with Gasteiger partial charge in [-0.05, 0) is 42.3 Å². The van der Waals surface area contributed by atoms with Crippen LogP contribution >= 0.6 is 0 Å². The number of rotatable bonds is 3. The van der Waals surface area contributed by atoms with Crippen LogP contribution in [-0.4, -0.2) is 46.5 Å². The summed E-state index contributed by atoms with van der Waals surface area (Å²) in [7, 11) is 2.07. The number of hydrogen-bond donors (Lipinski definition) is 0. The second kappa shape index (κ2) is 7.26. The van der Waals surface area contributed by atoms with Gasteiger partial charge >= 0.3 is 5.84 Å². The number of hydrogen-bond acceptors (Lipinski definition) is 2. The standard InChI is InChI=1S/C29H24BN4/c1-3-34-26-11-7-5-9-22(26)23-14-15-27(32-29(23)34)30-24-10-6-4-8-20(24)21-13-12-19(18-25(21)30)28-31-16-17-33(28)2/h4-15,17-18H,3,16H2,1-2H3/q+1. The first kappa shape index (κ1) is 19.5. The van der Waals surface area contributed by atoms with Crippen LogP contribution in [0.1, 0.15) is 12.5 Å². The molecule has 5 heteroatoms. The highest BCUT2D eigenvalue weighted by Gasteiger charge is 2.36. The van der Waals surface area contributed by atoms with Crippen molar-refractivity contribution in [2.24, 2.45) is 4.99 Å². The number of para-hydroxylation sites is 1. The molecule has 34 heavy (non-hydrogen) atoms. The van der Waals surface area contributed by atoms with Crippen molar-refractivity contribution in [2.45, 2.75) is 13.5 Å². The van der Waals surface area contributed by atoms with Gasteiger partial charge < -0.3 is 4.57 Å². The predicted molar refractivity (Wildman–Crippen MR) is 143 cm³/mol. The molecule has 0 amide bonds. The molecule has 7 rings (SSSR count). The van der Waals surface area contributed by atoms with E-state index in [9.17, 15) is 0 Å². The van der Waals surface area contributed by atoms with Gasteiger partial charge in [0, 0.05) is 22.9 Å². The Labute approximate surface area is 199 Å². The fraction of sp³-hybridized carbons (Fsp3) is 0.138. The van der Waals surface area contributed by atoms with Crippen molar-refractivity contribution >= 4 is 57.2 Å². The van der Waals surface area contributed by atoms with Gasteiger partial charge in [0.2, 0.25) is 0 Å². The van der Waals surface area contributed by atoms with Gasteiger partial charge in [-0.3, -0.25) is 0 Å². The molecule has 4 nitrogen and oxygen atoms in total. The zero-order chi connectivity index (χ0) is 22.8. The van der Waals surface area contributed by atoms with Gasteiger partial charge in [-0.1, -0.05) is 70.5 Å². The quantitative estimate of drug-likeness (QED) is 0.308. The Bertz CT molecular complexity index is 1690. The van der Waals surface area contributed by atoms with Gasteiger partial charge in [0.1, 0.15) is 11.9 Å². The Balaban J connectivity index is 1.47. The van der Waals surface area contributed by atoms with Crippen LogP contribution in [0.5, 0.6) is 0 Å². The third kappa shape index (κ3) is 2.64. The van der Waals surface area contributed by atoms with Crippen LogP contribution < -0.4 is 16.5 Å². The molecule has 5 aromatic rings. The van der Waals surface area contributed by atoms with E-state index >= 15 is 0 Å². The summed E-state index contributed by atoms with van der Waals surface area (Å²) < 4.78 is 4.47. The summed E-state index contributed by atoms with van der Waals surface area (Å²) in [6, 6.07) is 28.7. The minimum absolute atomic E-state index is 0.107. The van der Waals surface area contributed by atoms with E-state index in [2.05, 4.69) is 108 Å². The van der Waals surface area contributed by atoms with E-state index < -0.39 is 0 Å². The Hall–Kier alpha value is -3.99. The Morgan fingerprint density at radius 1 is 0.882 bits per heavy atom. The van der Waals surface area contributed by atoms with Crippen LogP contribution in [0.15, 0.2) is 83.9 Å². The fourth-order valence-electron chi connectivity index (χ4n) is 5.82. The summed E-state index contributed by atoms with van der Waals surface area (Å²) >= 11 is 0. The molecule has 0 saturated heterocycles. The van der Waals surface area contributed by atoms with Crippen molar-refractivity contribution in [3.63, 3.8) is 0 Å². The molecule has 0 aliphatic carbocycles. The lowest BCUT2D eigenvalue weighted by Gasteiger charge is -2.12. The molecular weight excluding hydrogens is 415 g/mol. The number of benzene rings is 3. The fourth-order valence-corrected chi connectivity index (χ4v) is 5.82. The number of aliphatic imine (C=N–C) groups is 1. The first-order valence-corrected chi connectivity index (χ1v) is 12.0. The third-order valence-electron chi connectivity index (χ3n) is 7.36. The first-order chi connectivity index (χ1) is 16.7. The molecule has 0 atom stereocenters. The highest BCUT2D eigenvalue weighted by atomic mass is 15.1. The Morgan fingerprint density at radius 2 is 1.71 bits per heavy atom. The summed E-state index contributed by atoms with van der Waals surface area (Å²) in [6.45, 7) is 3.94. The number of fused-ring (bicyclic) bond motifs is 6. The molecular formula is C29H24BN4+. The van der Waals surface area contributed by atoms with Crippen molar-refractivity contribution < 1.29 is 4.58 Å². The van der Waals surface area contributed by atoms with Crippen molar-refractivity contribution in [1.29, 1.82) is 0 Å². The van der Waals surface area contributed by atoms with Gasteiger partial charge in [0.25, 0.3) is 6.71 Å². The van der Waals surface area contributed by atoms with Crippen molar-refractivity contribution in [1.82, 2.24) is 9.55 Å². The predicted octanol–water partition coefficient (Wildman–Crippen LogP) is 3.18. The smallest absolute Gasteiger partial charge is 0.324 e. The molecule has 162 valence electrons. The van der Waals surface area contributed by atoms with Crippen LogP contribution in [0.2, 0.25) is 0 Å². The normalized spacial score (nSPS) is 14.5. The van der Waals surface area contributed by atoms with Crippen LogP contribution in [0.25, 0.3) is 33.1 Å². The number of nitrogens with zero attached hydrogens (tertiary/aromatic N) is 4. The van der Waals surface area contributed by atoms with Gasteiger partial charge in [-0.2, -0.15) is 0 Å². The van der Waals surface area contributed by atoms with E-state index in [1.54, 1.807) is 0 Å². The van der Waals surface area contributed by atoms with Gasteiger partial charge in [-0.15, -0.1) is 0 Å². The second-order valence-electron chi connectivity index (χ2n) is 9.15. The van der Waals surface area contributed by atoms with Crippen LogP contribution in [0.4, 0.5) is 0 Å². The zero-order valence-electron chi connectivity index (χ0n) is 19.4. The maximum absolute atomic E-state index is 5.32. The zero-order valence-corrected chi connectivity index (χ0v) is 19.4. The monoisotopic (exact) mass is 439 g/mol. The lowest BCUT2D eigenvalue weighted by atomic mass is 9.40. The second-order valence-corrected chi connectivity index (χ2v) is 9.15. The molecule has 2 aliphatic rings. The molecule has 2 aromatic heterocycles. The van der Waals surface area contributed by atoms with Gasteiger partial charge in [0.05, 0.1) is 18.1 Å². The third-order valence-corrected chi connectivity index (χ3v) is 7.36. The van der Waals surface area contributed by atoms with Crippen LogP contribution in [0, 0.1) is 0 Å². The number of aromatic nitrogens is 2. The number of aryl methyl sites for hydroxylation is 1. The molecule has 0 unspecified atom stereocenters. The maximum Gasteiger partial charge on any atom is 0.324 e. The van der Waals surface area contributed by atoms with Crippen molar-refractivity contribution in [3.05, 3.63) is 84.4 Å². The van der Waals surface area contributed by atoms with Gasteiger partial charge in [0.15, 0.2) is 6.54 Å². The molecule has 2 aliphatic heterocycles. The van der Waals surface area contributed by atoms with Crippen LogP contribution in [-0.2, 0) is 6.54 Å².